The van der Waals surface area contributed by atoms with Crippen molar-refractivity contribution >= 4 is 119 Å². The maximum Gasteiger partial charge on any atom is 0.235 e. The van der Waals surface area contributed by atoms with E-state index in [4.69, 9.17) is 18.8 Å². The number of aromatic nitrogens is 3. The van der Waals surface area contributed by atoms with E-state index < -0.39 is 0 Å². The van der Waals surface area contributed by atoms with Gasteiger partial charge in [0.1, 0.15) is 22.3 Å². The standard InChI is InChI=1S/C54H29N3O2S/c1-2-12-30(13-3-1)40-29-41-36-25-26-43-48(52(36)59-51(41)35-17-7-6-16-34(35)40)37-18-8-10-20-42(37)57(43)54-55-49(53-50(56-54)39-19-9-11-21-46(39)60-53)32-22-24-38-45(28-32)58-44-27-23-31-14-4-5-15-33(31)47(38)44/h1-29H. The first-order valence-electron chi connectivity index (χ1n) is 20.1. The van der Waals surface area contributed by atoms with E-state index in [1.807, 2.05) is 0 Å². The molecule has 0 radical (unpaired) electrons. The normalized spacial score (nSPS) is 12.3. The molecule has 0 aliphatic heterocycles. The van der Waals surface area contributed by atoms with Crippen molar-refractivity contribution in [1.29, 1.82) is 0 Å². The fourth-order valence-electron chi connectivity index (χ4n) is 9.75. The van der Waals surface area contributed by atoms with Crippen LogP contribution in [0, 0.1) is 0 Å². The molecule has 0 aliphatic rings. The van der Waals surface area contributed by atoms with E-state index in [9.17, 15) is 0 Å². The molecule has 5 heterocycles. The number of thiophene rings is 1. The maximum absolute atomic E-state index is 7.07. The first-order valence-corrected chi connectivity index (χ1v) is 21.0. The van der Waals surface area contributed by atoms with Crippen LogP contribution in [0.5, 0.6) is 0 Å². The molecule has 60 heavy (non-hydrogen) atoms. The highest BCUT2D eigenvalue weighted by Gasteiger charge is 2.24. The Bertz CT molecular complexity index is 4130. The predicted octanol–water partition coefficient (Wildman–Crippen LogP) is 15.4. The van der Waals surface area contributed by atoms with Crippen LogP contribution in [-0.2, 0) is 0 Å². The minimum Gasteiger partial charge on any atom is -0.456 e. The fraction of sp³-hybridized carbons (Fsp3) is 0. The van der Waals surface area contributed by atoms with E-state index in [1.165, 1.54) is 32.0 Å². The first kappa shape index (κ1) is 32.2. The lowest BCUT2D eigenvalue weighted by Crippen LogP contribution is -2.02. The van der Waals surface area contributed by atoms with Crippen molar-refractivity contribution in [1.82, 2.24) is 14.5 Å². The van der Waals surface area contributed by atoms with Gasteiger partial charge in [0, 0.05) is 48.0 Å². The van der Waals surface area contributed by atoms with Gasteiger partial charge in [-0.3, -0.25) is 4.57 Å². The molecule has 14 aromatic rings. The molecule has 5 nitrogen and oxygen atoms in total. The summed E-state index contributed by atoms with van der Waals surface area (Å²) in [5.74, 6) is 0.607. The second-order valence-electron chi connectivity index (χ2n) is 15.6. The van der Waals surface area contributed by atoms with Gasteiger partial charge >= 0.3 is 0 Å². The molecule has 0 atom stereocenters. The van der Waals surface area contributed by atoms with E-state index in [-0.39, 0.29) is 0 Å². The summed E-state index contributed by atoms with van der Waals surface area (Å²) in [7, 11) is 0. The van der Waals surface area contributed by atoms with E-state index in [0.29, 0.717) is 5.95 Å². The van der Waals surface area contributed by atoms with Gasteiger partial charge in [-0.15, -0.1) is 11.3 Å². The van der Waals surface area contributed by atoms with Crippen LogP contribution in [-0.4, -0.2) is 14.5 Å². The number of furan rings is 2. The Balaban J connectivity index is 1.05. The Morgan fingerprint density at radius 1 is 0.433 bits per heavy atom. The van der Waals surface area contributed by atoms with E-state index >= 15 is 0 Å². The van der Waals surface area contributed by atoms with Crippen LogP contribution in [0.15, 0.2) is 185 Å². The van der Waals surface area contributed by atoms with Crippen LogP contribution < -0.4 is 0 Å². The molecule has 9 aromatic carbocycles. The van der Waals surface area contributed by atoms with Gasteiger partial charge in [0.2, 0.25) is 5.95 Å². The highest BCUT2D eigenvalue weighted by Crippen LogP contribution is 2.46. The average molecular weight is 784 g/mol. The molecule has 278 valence electrons. The average Bonchev–Trinajstić information content (AvgIpc) is 4.07. The summed E-state index contributed by atoms with van der Waals surface area (Å²) < 4.78 is 18.1. The molecule has 0 fully saturated rings. The van der Waals surface area contributed by atoms with Crippen molar-refractivity contribution in [3.63, 3.8) is 0 Å². The second-order valence-corrected chi connectivity index (χ2v) is 16.7. The molecular weight excluding hydrogens is 755 g/mol. The Morgan fingerprint density at radius 2 is 1.17 bits per heavy atom. The quantitative estimate of drug-likeness (QED) is 0.179. The van der Waals surface area contributed by atoms with Crippen molar-refractivity contribution in [3.8, 4) is 28.3 Å². The summed E-state index contributed by atoms with van der Waals surface area (Å²) in [5, 5.41) is 12.3. The van der Waals surface area contributed by atoms with Gasteiger partial charge in [-0.1, -0.05) is 127 Å². The Kier molecular flexibility index (Phi) is 6.38. The number of hydrogen-bond acceptors (Lipinski definition) is 5. The molecule has 6 heteroatoms. The van der Waals surface area contributed by atoms with Crippen LogP contribution in [0.3, 0.4) is 0 Å². The predicted molar refractivity (Wildman–Crippen MR) is 250 cm³/mol. The van der Waals surface area contributed by atoms with Gasteiger partial charge in [0.25, 0.3) is 0 Å². The molecule has 0 aliphatic carbocycles. The number of para-hydroxylation sites is 1. The third kappa shape index (κ3) is 4.35. The van der Waals surface area contributed by atoms with Crippen molar-refractivity contribution in [2.75, 3.05) is 0 Å². The van der Waals surface area contributed by atoms with Gasteiger partial charge < -0.3 is 8.83 Å². The number of nitrogens with zero attached hydrogens (tertiary/aromatic N) is 3. The number of benzene rings is 9. The topological polar surface area (TPSA) is 57.0 Å². The lowest BCUT2D eigenvalue weighted by molar-refractivity contribution is 0.669. The highest BCUT2D eigenvalue weighted by molar-refractivity contribution is 7.26. The zero-order valence-corrected chi connectivity index (χ0v) is 32.6. The smallest absolute Gasteiger partial charge is 0.235 e. The van der Waals surface area contributed by atoms with Gasteiger partial charge in [0.05, 0.1) is 32.3 Å². The summed E-state index contributed by atoms with van der Waals surface area (Å²) in [5.41, 5.74) is 10.6. The monoisotopic (exact) mass is 783 g/mol. The molecule has 0 saturated carbocycles. The van der Waals surface area contributed by atoms with Crippen molar-refractivity contribution < 1.29 is 8.83 Å². The molecule has 0 amide bonds. The maximum atomic E-state index is 7.07. The minimum atomic E-state index is 0.607. The Labute approximate surface area is 345 Å². The second kappa shape index (κ2) is 11.9. The SMILES string of the molecule is c1ccc(-c2cc3c4ccc5c(c6ccccc6n5-c5nc(-c6ccc7c(c6)oc6ccc8ccccc8c67)c6sc7ccccc7c6n5)c4oc3c3ccccc23)cc1. The summed E-state index contributed by atoms with van der Waals surface area (Å²) >= 11 is 1.73. The third-order valence-corrected chi connectivity index (χ3v) is 13.6. The third-order valence-electron chi connectivity index (χ3n) is 12.4. The van der Waals surface area contributed by atoms with Gasteiger partial charge in [-0.2, -0.15) is 0 Å². The molecule has 0 bridgehead atoms. The summed E-state index contributed by atoms with van der Waals surface area (Å²) in [4.78, 5) is 11.0. The van der Waals surface area contributed by atoms with E-state index in [2.05, 4.69) is 180 Å². The fourth-order valence-corrected chi connectivity index (χ4v) is 10.9. The van der Waals surface area contributed by atoms with E-state index in [0.717, 1.165) is 97.9 Å². The zero-order valence-electron chi connectivity index (χ0n) is 31.8. The number of fused-ring (bicyclic) bond motifs is 17. The molecule has 5 aromatic heterocycles. The molecule has 0 N–H and O–H groups in total. The molecule has 0 unspecified atom stereocenters. The van der Waals surface area contributed by atoms with Crippen LogP contribution in [0.4, 0.5) is 0 Å². The van der Waals surface area contributed by atoms with E-state index in [1.54, 1.807) is 11.3 Å². The lowest BCUT2D eigenvalue weighted by atomic mass is 9.95. The van der Waals surface area contributed by atoms with Crippen molar-refractivity contribution in [2.24, 2.45) is 0 Å². The van der Waals surface area contributed by atoms with Crippen LogP contribution in [0.2, 0.25) is 0 Å². The van der Waals surface area contributed by atoms with Crippen molar-refractivity contribution in [3.05, 3.63) is 176 Å². The number of hydrogen-bond donors (Lipinski definition) is 0. The zero-order chi connectivity index (χ0) is 39.1. The number of rotatable bonds is 3. The largest absolute Gasteiger partial charge is 0.456 e. The summed E-state index contributed by atoms with van der Waals surface area (Å²) in [6.07, 6.45) is 0. The summed E-state index contributed by atoms with van der Waals surface area (Å²) in [6, 6.07) is 62.2. The van der Waals surface area contributed by atoms with Crippen LogP contribution >= 0.6 is 11.3 Å². The summed E-state index contributed by atoms with van der Waals surface area (Å²) in [6.45, 7) is 0. The molecule has 0 spiro atoms. The Hall–Kier alpha value is -7.80. The molecular formula is C54H29N3O2S. The molecule has 0 saturated heterocycles. The van der Waals surface area contributed by atoms with Gasteiger partial charge in [-0.25, -0.2) is 9.97 Å². The lowest BCUT2D eigenvalue weighted by Gasteiger charge is -2.10. The highest BCUT2D eigenvalue weighted by atomic mass is 32.1. The molecule has 14 rings (SSSR count). The van der Waals surface area contributed by atoms with Crippen LogP contribution in [0.25, 0.3) is 136 Å². The van der Waals surface area contributed by atoms with Gasteiger partial charge in [-0.05, 0) is 75.8 Å². The van der Waals surface area contributed by atoms with Crippen LogP contribution in [0.1, 0.15) is 0 Å². The van der Waals surface area contributed by atoms with Gasteiger partial charge in [0.15, 0.2) is 0 Å². The Morgan fingerprint density at radius 3 is 2.07 bits per heavy atom. The first-order chi connectivity index (χ1) is 29.7. The minimum absolute atomic E-state index is 0.607. The van der Waals surface area contributed by atoms with Crippen molar-refractivity contribution in [2.45, 2.75) is 0 Å².